The number of sulfonamides is 1. The number of methoxy groups -OCH3 is 2. The minimum atomic E-state index is -4.14. The molecular formula is C31H39N3O6S. The summed E-state index contributed by atoms with van der Waals surface area (Å²) in [6.07, 6.45) is 1.07. The molecule has 2 amide bonds. The van der Waals surface area contributed by atoms with Crippen LogP contribution >= 0.6 is 0 Å². The maximum absolute atomic E-state index is 14.1. The number of carbonyl (C=O) groups excluding carboxylic acids is 2. The highest BCUT2D eigenvalue weighted by Crippen LogP contribution is 2.27. The highest BCUT2D eigenvalue weighted by Gasteiger charge is 2.34. The number of rotatable bonds is 14. The van der Waals surface area contributed by atoms with Crippen molar-refractivity contribution >= 4 is 27.5 Å². The minimum Gasteiger partial charge on any atom is -0.497 e. The summed E-state index contributed by atoms with van der Waals surface area (Å²) in [4.78, 5) is 29.0. The lowest BCUT2D eigenvalue weighted by Crippen LogP contribution is -2.53. The summed E-state index contributed by atoms with van der Waals surface area (Å²) in [5.74, 6) is 0.345. The van der Waals surface area contributed by atoms with Crippen LogP contribution in [0.1, 0.15) is 39.2 Å². The van der Waals surface area contributed by atoms with Crippen LogP contribution in [0.3, 0.4) is 0 Å². The summed E-state index contributed by atoms with van der Waals surface area (Å²) in [6.45, 7) is 5.27. The largest absolute Gasteiger partial charge is 0.497 e. The number of nitrogens with zero attached hydrogens (tertiary/aromatic N) is 2. The summed E-state index contributed by atoms with van der Waals surface area (Å²) < 4.78 is 39.4. The van der Waals surface area contributed by atoms with Gasteiger partial charge in [-0.15, -0.1) is 0 Å². The second kappa shape index (κ2) is 14.5. The second-order valence-corrected chi connectivity index (χ2v) is 11.5. The topological polar surface area (TPSA) is 105 Å². The van der Waals surface area contributed by atoms with E-state index in [9.17, 15) is 18.0 Å². The molecule has 3 aromatic carbocycles. The van der Waals surface area contributed by atoms with E-state index in [0.29, 0.717) is 23.6 Å². The van der Waals surface area contributed by atoms with Crippen molar-refractivity contribution in [1.82, 2.24) is 10.2 Å². The molecule has 1 N–H and O–H groups in total. The van der Waals surface area contributed by atoms with E-state index >= 15 is 0 Å². The van der Waals surface area contributed by atoms with Crippen LogP contribution in [0.5, 0.6) is 11.5 Å². The number of hydrogen-bond donors (Lipinski definition) is 1. The highest BCUT2D eigenvalue weighted by molar-refractivity contribution is 7.92. The van der Waals surface area contributed by atoms with Crippen LogP contribution in [0.15, 0.2) is 83.8 Å². The molecule has 3 aromatic rings. The maximum atomic E-state index is 14.1. The van der Waals surface area contributed by atoms with Crippen LogP contribution in [0.2, 0.25) is 0 Å². The predicted molar refractivity (Wildman–Crippen MR) is 159 cm³/mol. The normalized spacial score (nSPS) is 12.6. The van der Waals surface area contributed by atoms with Gasteiger partial charge in [-0.1, -0.05) is 44.2 Å². The van der Waals surface area contributed by atoms with Gasteiger partial charge in [0.2, 0.25) is 11.8 Å². The van der Waals surface area contributed by atoms with E-state index in [0.717, 1.165) is 16.3 Å². The van der Waals surface area contributed by atoms with Gasteiger partial charge in [-0.2, -0.15) is 0 Å². The summed E-state index contributed by atoms with van der Waals surface area (Å²) >= 11 is 0. The van der Waals surface area contributed by atoms with Gasteiger partial charge in [-0.3, -0.25) is 13.9 Å². The van der Waals surface area contributed by atoms with E-state index in [1.165, 1.54) is 24.1 Å². The Balaban J connectivity index is 2.06. The Morgan fingerprint density at radius 1 is 0.854 bits per heavy atom. The monoisotopic (exact) mass is 581 g/mol. The molecule has 0 fully saturated rings. The Hall–Kier alpha value is -4.05. The van der Waals surface area contributed by atoms with E-state index in [4.69, 9.17) is 9.47 Å². The molecule has 0 saturated heterocycles. The zero-order valence-corrected chi connectivity index (χ0v) is 25.1. The molecule has 0 aliphatic carbocycles. The summed E-state index contributed by atoms with van der Waals surface area (Å²) in [6, 6.07) is 20.7. The van der Waals surface area contributed by atoms with Crippen molar-refractivity contribution in [3.8, 4) is 11.5 Å². The minimum absolute atomic E-state index is 0.0459. The molecule has 0 heterocycles. The third-order valence-electron chi connectivity index (χ3n) is 6.84. The molecular weight excluding hydrogens is 542 g/mol. The summed E-state index contributed by atoms with van der Waals surface area (Å²) in [5.41, 5.74) is 1.04. The molecule has 41 heavy (non-hydrogen) atoms. The van der Waals surface area contributed by atoms with Crippen LogP contribution in [0, 0.1) is 0 Å². The Bertz CT molecular complexity index is 1400. The van der Waals surface area contributed by atoms with Gasteiger partial charge >= 0.3 is 0 Å². The van der Waals surface area contributed by atoms with Gasteiger partial charge in [0.05, 0.1) is 24.8 Å². The molecule has 9 nitrogen and oxygen atoms in total. The van der Waals surface area contributed by atoms with Crippen LogP contribution < -0.4 is 19.1 Å². The maximum Gasteiger partial charge on any atom is 0.264 e. The molecule has 220 valence electrons. The van der Waals surface area contributed by atoms with Crippen molar-refractivity contribution in [1.29, 1.82) is 0 Å². The Kier molecular flexibility index (Phi) is 11.2. The van der Waals surface area contributed by atoms with Crippen molar-refractivity contribution in [2.24, 2.45) is 0 Å². The molecule has 0 radical (unpaired) electrons. The molecule has 0 aliphatic rings. The zero-order chi connectivity index (χ0) is 30.0. The van der Waals surface area contributed by atoms with Crippen LogP contribution in [0.25, 0.3) is 0 Å². The predicted octanol–water partition coefficient (Wildman–Crippen LogP) is 4.62. The van der Waals surface area contributed by atoms with Crippen molar-refractivity contribution in [3.05, 3.63) is 84.4 Å². The van der Waals surface area contributed by atoms with Gasteiger partial charge < -0.3 is 19.7 Å². The number of ether oxygens (including phenoxy) is 2. The molecule has 0 aromatic heterocycles. The zero-order valence-electron chi connectivity index (χ0n) is 24.2. The smallest absolute Gasteiger partial charge is 0.264 e. The molecule has 2 atom stereocenters. The molecule has 3 rings (SSSR count). The van der Waals surface area contributed by atoms with Gasteiger partial charge in [0, 0.05) is 12.6 Å². The van der Waals surface area contributed by atoms with Gasteiger partial charge in [0.25, 0.3) is 10.0 Å². The number of carbonyl (C=O) groups is 2. The molecule has 0 spiro atoms. The van der Waals surface area contributed by atoms with E-state index in [1.807, 2.05) is 26.8 Å². The SMILES string of the molecule is CC[C@@H](C)NC(=O)[C@H](CC)N(Cc1cccc(OC)c1)C(=O)CN(c1ccc(OC)cc1)S(=O)(=O)c1ccccc1. The summed E-state index contributed by atoms with van der Waals surface area (Å²) in [5, 5.41) is 2.97. The fourth-order valence-corrected chi connectivity index (χ4v) is 5.76. The lowest BCUT2D eigenvalue weighted by molar-refractivity contribution is -0.140. The van der Waals surface area contributed by atoms with Gasteiger partial charge in [0.1, 0.15) is 24.1 Å². The fourth-order valence-electron chi connectivity index (χ4n) is 4.33. The highest BCUT2D eigenvalue weighted by atomic mass is 32.2. The molecule has 0 saturated carbocycles. The lowest BCUT2D eigenvalue weighted by atomic mass is 10.1. The first-order valence-electron chi connectivity index (χ1n) is 13.6. The van der Waals surface area contributed by atoms with E-state index < -0.39 is 28.5 Å². The number of benzene rings is 3. The van der Waals surface area contributed by atoms with Crippen LogP contribution in [-0.2, 0) is 26.2 Å². The Morgan fingerprint density at radius 3 is 2.10 bits per heavy atom. The average Bonchev–Trinajstić information content (AvgIpc) is 3.00. The van der Waals surface area contributed by atoms with Crippen molar-refractivity contribution < 1.29 is 27.5 Å². The number of anilines is 1. The van der Waals surface area contributed by atoms with Gasteiger partial charge in [-0.25, -0.2) is 8.42 Å². The van der Waals surface area contributed by atoms with E-state index in [-0.39, 0.29) is 23.4 Å². The second-order valence-electron chi connectivity index (χ2n) is 9.64. The number of nitrogens with one attached hydrogen (secondary N) is 1. The molecule has 0 aliphatic heterocycles. The van der Waals surface area contributed by atoms with Crippen LogP contribution in [-0.4, -0.2) is 58.0 Å². The first kappa shape index (κ1) is 31.5. The Morgan fingerprint density at radius 2 is 1.51 bits per heavy atom. The van der Waals surface area contributed by atoms with Gasteiger partial charge in [-0.05, 0) is 73.9 Å². The van der Waals surface area contributed by atoms with E-state index in [2.05, 4.69) is 5.32 Å². The first-order chi connectivity index (χ1) is 19.6. The lowest BCUT2D eigenvalue weighted by Gasteiger charge is -2.33. The Labute approximate surface area is 243 Å². The third kappa shape index (κ3) is 8.00. The van der Waals surface area contributed by atoms with Crippen LogP contribution in [0.4, 0.5) is 5.69 Å². The number of amides is 2. The molecule has 0 bridgehead atoms. The average molecular weight is 582 g/mol. The van der Waals surface area contributed by atoms with E-state index in [1.54, 1.807) is 67.8 Å². The summed E-state index contributed by atoms with van der Waals surface area (Å²) in [7, 11) is -1.07. The number of hydrogen-bond acceptors (Lipinski definition) is 6. The third-order valence-corrected chi connectivity index (χ3v) is 8.63. The molecule has 10 heteroatoms. The fraction of sp³-hybridized carbons (Fsp3) is 0.355. The van der Waals surface area contributed by atoms with Gasteiger partial charge in [0.15, 0.2) is 0 Å². The first-order valence-corrected chi connectivity index (χ1v) is 15.0. The van der Waals surface area contributed by atoms with Crippen molar-refractivity contribution in [2.45, 2.75) is 57.1 Å². The van der Waals surface area contributed by atoms with Crippen molar-refractivity contribution in [3.63, 3.8) is 0 Å². The molecule has 0 unspecified atom stereocenters. The quantitative estimate of drug-likeness (QED) is 0.298. The standard InChI is InChI=1S/C31H39N3O6S/c1-6-23(3)32-31(36)29(7-2)33(21-24-12-11-13-27(20-24)40-5)30(35)22-34(25-16-18-26(39-4)19-17-25)41(37,38)28-14-9-8-10-15-28/h8-20,23,29H,6-7,21-22H2,1-5H3,(H,32,36)/t23-,29+/m1/s1. The van der Waals surface area contributed by atoms with Crippen molar-refractivity contribution in [2.75, 3.05) is 25.1 Å².